The average molecular weight is 216 g/mol. The highest BCUT2D eigenvalue weighted by atomic mass is 32.2. The third-order valence-electron chi connectivity index (χ3n) is 1.57. The average Bonchev–Trinajstić information content (AvgIpc) is 2.08. The van der Waals surface area contributed by atoms with E-state index in [1.807, 2.05) is 0 Å². The Hall–Kier alpha value is -1.60. The summed E-state index contributed by atoms with van der Waals surface area (Å²) in [5.74, 6) is -1.68. The first-order valence-corrected chi connectivity index (χ1v) is 4.66. The number of hydrogen-bond donors (Lipinski definition) is 4. The van der Waals surface area contributed by atoms with E-state index in [1.165, 1.54) is 0 Å². The normalized spacial score (nSPS) is 12.4. The molecule has 14 heavy (non-hydrogen) atoms. The number of nitrogens with two attached hydrogens (primary N) is 2. The molecular formula is C7H8N2O4S. The molecule has 0 radical (unpaired) electrons. The molecule has 0 saturated heterocycles. The van der Waals surface area contributed by atoms with E-state index >= 15 is 0 Å². The molecule has 0 aromatic heterocycles. The van der Waals surface area contributed by atoms with Gasteiger partial charge < -0.3 is 15.9 Å². The second-order valence-electron chi connectivity index (χ2n) is 2.51. The predicted octanol–water partition coefficient (Wildman–Crippen LogP) is -0.346. The van der Waals surface area contributed by atoms with E-state index in [0.717, 1.165) is 12.1 Å². The first-order valence-electron chi connectivity index (χ1n) is 3.45. The standard InChI is InChI=1S/C7H8N2O4S/c8-4-1-3(7(11)12)2-5(6(4)10)14(9)13/h1-2,10H,8-9H2,(H,11,12). The van der Waals surface area contributed by atoms with Crippen molar-refractivity contribution in [2.75, 3.05) is 5.73 Å². The fourth-order valence-corrected chi connectivity index (χ4v) is 1.46. The molecule has 0 bridgehead atoms. The molecule has 1 rings (SSSR count). The minimum Gasteiger partial charge on any atom is -0.505 e. The van der Waals surface area contributed by atoms with Gasteiger partial charge in [-0.1, -0.05) is 0 Å². The van der Waals surface area contributed by atoms with E-state index < -0.39 is 22.7 Å². The molecule has 0 aliphatic heterocycles. The van der Waals surface area contributed by atoms with Gasteiger partial charge in [0.25, 0.3) is 0 Å². The predicted molar refractivity (Wildman–Crippen MR) is 50.1 cm³/mol. The highest BCUT2D eigenvalue weighted by molar-refractivity contribution is 7.82. The first-order chi connectivity index (χ1) is 6.43. The molecule has 1 aromatic carbocycles. The summed E-state index contributed by atoms with van der Waals surface area (Å²) in [4.78, 5) is 10.4. The summed E-state index contributed by atoms with van der Waals surface area (Å²) in [6, 6.07) is 2.08. The number of carboxylic acids is 1. The third-order valence-corrected chi connectivity index (χ3v) is 2.31. The number of carboxylic acid groups (broad SMARTS) is 1. The number of benzene rings is 1. The van der Waals surface area contributed by atoms with E-state index in [4.69, 9.17) is 16.0 Å². The number of aromatic carboxylic acids is 1. The number of hydrogen-bond acceptors (Lipinski definition) is 4. The van der Waals surface area contributed by atoms with Crippen LogP contribution in [0.15, 0.2) is 17.0 Å². The van der Waals surface area contributed by atoms with Crippen molar-refractivity contribution in [1.29, 1.82) is 0 Å². The van der Waals surface area contributed by atoms with Crippen LogP contribution < -0.4 is 10.9 Å². The molecule has 6 N–H and O–H groups in total. The highest BCUT2D eigenvalue weighted by Gasteiger charge is 2.14. The Bertz CT molecular complexity index is 418. The van der Waals surface area contributed by atoms with Gasteiger partial charge in [-0.15, -0.1) is 0 Å². The van der Waals surface area contributed by atoms with Crippen molar-refractivity contribution in [3.63, 3.8) is 0 Å². The molecular weight excluding hydrogens is 208 g/mol. The van der Waals surface area contributed by atoms with Gasteiger partial charge in [0.2, 0.25) is 0 Å². The summed E-state index contributed by atoms with van der Waals surface area (Å²) < 4.78 is 10.9. The van der Waals surface area contributed by atoms with E-state index in [1.54, 1.807) is 0 Å². The van der Waals surface area contributed by atoms with E-state index in [0.29, 0.717) is 0 Å². The Morgan fingerprint density at radius 1 is 1.43 bits per heavy atom. The molecule has 0 amide bonds. The van der Waals surface area contributed by atoms with Crippen molar-refractivity contribution < 1.29 is 19.2 Å². The van der Waals surface area contributed by atoms with E-state index in [9.17, 15) is 14.1 Å². The van der Waals surface area contributed by atoms with Crippen LogP contribution in [-0.2, 0) is 11.0 Å². The van der Waals surface area contributed by atoms with Crippen molar-refractivity contribution in [2.24, 2.45) is 5.14 Å². The summed E-state index contributed by atoms with van der Waals surface area (Å²) in [7, 11) is -1.97. The van der Waals surface area contributed by atoms with Crippen molar-refractivity contribution in [3.05, 3.63) is 17.7 Å². The van der Waals surface area contributed by atoms with Gasteiger partial charge in [-0.25, -0.2) is 14.1 Å². The van der Waals surface area contributed by atoms with Crippen molar-refractivity contribution in [3.8, 4) is 5.75 Å². The number of phenols is 1. The molecule has 6 nitrogen and oxygen atoms in total. The second-order valence-corrected chi connectivity index (χ2v) is 3.55. The van der Waals surface area contributed by atoms with Crippen LogP contribution >= 0.6 is 0 Å². The summed E-state index contributed by atoms with van der Waals surface area (Å²) >= 11 is 0. The number of carbonyl (C=O) groups is 1. The zero-order chi connectivity index (χ0) is 10.9. The summed E-state index contributed by atoms with van der Waals surface area (Å²) in [5, 5.41) is 22.9. The number of aromatic hydroxyl groups is 1. The van der Waals surface area contributed by atoms with Gasteiger partial charge in [0.15, 0.2) is 5.75 Å². The van der Waals surface area contributed by atoms with E-state index in [2.05, 4.69) is 0 Å². The van der Waals surface area contributed by atoms with Crippen LogP contribution in [0.25, 0.3) is 0 Å². The number of phenolic OH excluding ortho intramolecular Hbond substituents is 1. The summed E-state index contributed by atoms with van der Waals surface area (Å²) in [6.45, 7) is 0. The van der Waals surface area contributed by atoms with Gasteiger partial charge >= 0.3 is 5.97 Å². The van der Waals surface area contributed by atoms with Gasteiger partial charge in [-0.2, -0.15) is 0 Å². The molecule has 0 spiro atoms. The monoisotopic (exact) mass is 216 g/mol. The highest BCUT2D eigenvalue weighted by Crippen LogP contribution is 2.28. The molecule has 0 aliphatic carbocycles. The van der Waals surface area contributed by atoms with Crippen LogP contribution in [0.5, 0.6) is 5.75 Å². The lowest BCUT2D eigenvalue weighted by molar-refractivity contribution is 0.0696. The fraction of sp³-hybridized carbons (Fsp3) is 0. The van der Waals surface area contributed by atoms with Crippen LogP contribution in [0.3, 0.4) is 0 Å². The molecule has 0 heterocycles. The molecule has 0 fully saturated rings. The zero-order valence-electron chi connectivity index (χ0n) is 6.93. The van der Waals surface area contributed by atoms with Crippen LogP contribution in [0.2, 0.25) is 0 Å². The van der Waals surface area contributed by atoms with Crippen molar-refractivity contribution in [2.45, 2.75) is 4.90 Å². The van der Waals surface area contributed by atoms with Crippen LogP contribution in [0, 0.1) is 0 Å². The topological polar surface area (TPSA) is 127 Å². The Kier molecular flexibility index (Phi) is 2.73. The third kappa shape index (κ3) is 1.83. The van der Waals surface area contributed by atoms with Crippen LogP contribution in [0.1, 0.15) is 10.4 Å². The maximum absolute atomic E-state index is 10.9. The quantitative estimate of drug-likeness (QED) is 0.397. The molecule has 7 heteroatoms. The Morgan fingerprint density at radius 3 is 2.43 bits per heavy atom. The lowest BCUT2D eigenvalue weighted by Gasteiger charge is -2.05. The van der Waals surface area contributed by atoms with Gasteiger partial charge in [-0.05, 0) is 12.1 Å². The van der Waals surface area contributed by atoms with Crippen LogP contribution in [-0.4, -0.2) is 20.4 Å². The van der Waals surface area contributed by atoms with Gasteiger partial charge in [0, 0.05) is 0 Å². The molecule has 0 saturated carbocycles. The smallest absolute Gasteiger partial charge is 0.335 e. The number of nitrogen functional groups attached to an aromatic ring is 1. The molecule has 76 valence electrons. The van der Waals surface area contributed by atoms with Gasteiger partial charge in [0.1, 0.15) is 11.0 Å². The molecule has 1 atom stereocenters. The molecule has 1 aromatic rings. The lowest BCUT2D eigenvalue weighted by atomic mass is 10.2. The van der Waals surface area contributed by atoms with Gasteiger partial charge in [0.05, 0.1) is 16.1 Å². The largest absolute Gasteiger partial charge is 0.505 e. The van der Waals surface area contributed by atoms with Crippen molar-refractivity contribution >= 4 is 22.6 Å². The second kappa shape index (κ2) is 3.64. The number of anilines is 1. The van der Waals surface area contributed by atoms with E-state index in [-0.39, 0.29) is 16.1 Å². The minimum absolute atomic E-state index is 0.168. The molecule has 0 aliphatic rings. The maximum Gasteiger partial charge on any atom is 0.335 e. The molecule has 1 unspecified atom stereocenters. The number of rotatable bonds is 2. The van der Waals surface area contributed by atoms with Crippen molar-refractivity contribution in [1.82, 2.24) is 0 Å². The fourth-order valence-electron chi connectivity index (χ4n) is 0.906. The Labute approximate surface area is 81.7 Å². The lowest BCUT2D eigenvalue weighted by Crippen LogP contribution is -2.07. The first kappa shape index (κ1) is 10.5. The minimum atomic E-state index is -1.97. The summed E-state index contributed by atoms with van der Waals surface area (Å²) in [5.41, 5.74) is 4.95. The zero-order valence-corrected chi connectivity index (χ0v) is 7.75. The summed E-state index contributed by atoms with van der Waals surface area (Å²) in [6.07, 6.45) is 0. The Balaban J connectivity index is 3.43. The van der Waals surface area contributed by atoms with Gasteiger partial charge in [-0.3, -0.25) is 0 Å². The maximum atomic E-state index is 10.9. The Morgan fingerprint density at radius 2 is 2.00 bits per heavy atom. The van der Waals surface area contributed by atoms with Crippen LogP contribution in [0.4, 0.5) is 5.69 Å². The SMILES string of the molecule is Nc1cc(C(=O)O)cc(S(N)=O)c1O.